The van der Waals surface area contributed by atoms with Crippen molar-refractivity contribution in [2.24, 2.45) is 4.74 Å². The molecule has 0 spiro atoms. The Kier molecular flexibility index (Phi) is 5.82. The van der Waals surface area contributed by atoms with Gasteiger partial charge in [0.1, 0.15) is 0 Å². The molecule has 0 N–H and O–H groups in total. The molecule has 4 aromatic carbocycles. The molecule has 1 atom stereocenters. The summed E-state index contributed by atoms with van der Waals surface area (Å²) in [5.41, 5.74) is 3.76. The summed E-state index contributed by atoms with van der Waals surface area (Å²) in [5, 5.41) is 6.59. The zero-order valence-electron chi connectivity index (χ0n) is 21.9. The number of hydrogen-bond acceptors (Lipinski definition) is 1. The minimum Gasteiger partial charge on any atom is -0.341 e. The van der Waals surface area contributed by atoms with Gasteiger partial charge in [0, 0.05) is 57.3 Å². The first kappa shape index (κ1) is 23.5. The molecule has 0 amide bonds. The number of hydrogen-bond donors (Lipinski definition) is 0. The van der Waals surface area contributed by atoms with E-state index in [1.165, 1.54) is 50.7 Å². The molecule has 1 saturated heterocycles. The highest BCUT2D eigenvalue weighted by molar-refractivity contribution is 7.73. The van der Waals surface area contributed by atoms with E-state index >= 15 is 0 Å². The Morgan fingerprint density at radius 2 is 1.42 bits per heavy atom. The number of benzene rings is 4. The lowest BCUT2D eigenvalue weighted by atomic mass is 10.1. The summed E-state index contributed by atoms with van der Waals surface area (Å²) < 4.78 is 11.1. The van der Waals surface area contributed by atoms with Gasteiger partial charge >= 0.3 is 0 Å². The normalized spacial score (nSPS) is 16.7. The molecule has 5 aromatic rings. The highest BCUT2D eigenvalue weighted by atomic mass is 31.2. The van der Waals surface area contributed by atoms with Crippen LogP contribution in [0.15, 0.2) is 89.7 Å². The molecule has 3 nitrogen and oxygen atoms in total. The standard InChI is InChI=1S/C32H36N3P/c1-5-35-30-18-9-8-16-27(30)28-23-25(19-20-31(28)35)36(32(2,3)4,34-21-10-11-22-34)33-29-17-12-14-24-13-6-7-15-26(24)29/h6-9,12-20,23H,5,10-11,21-22H2,1-4H3. The van der Waals surface area contributed by atoms with Crippen molar-refractivity contribution in [3.63, 3.8) is 0 Å². The Morgan fingerprint density at radius 3 is 2.17 bits per heavy atom. The maximum atomic E-state index is 5.89. The van der Waals surface area contributed by atoms with Crippen LogP contribution in [0.1, 0.15) is 40.5 Å². The summed E-state index contributed by atoms with van der Waals surface area (Å²) in [7, 11) is -2.14. The third-order valence-corrected chi connectivity index (χ3v) is 12.5. The first-order chi connectivity index (χ1) is 17.4. The minimum absolute atomic E-state index is 0.00884. The van der Waals surface area contributed by atoms with Gasteiger partial charge < -0.3 is 4.57 Å². The van der Waals surface area contributed by atoms with E-state index in [0.717, 1.165) is 25.3 Å². The third-order valence-electron chi connectivity index (χ3n) is 7.88. The average molecular weight is 494 g/mol. The van der Waals surface area contributed by atoms with Crippen molar-refractivity contribution in [3.8, 4) is 0 Å². The SMILES string of the molecule is CCn1c2ccccc2c2cc(P(=Nc3cccc4ccccc34)(N3CCCC3)C(C)(C)C)ccc21. The Bertz CT molecular complexity index is 1630. The van der Waals surface area contributed by atoms with Crippen molar-refractivity contribution in [1.29, 1.82) is 0 Å². The van der Waals surface area contributed by atoms with Crippen molar-refractivity contribution in [3.05, 3.63) is 84.9 Å². The molecular weight excluding hydrogens is 457 g/mol. The zero-order chi connectivity index (χ0) is 24.9. The van der Waals surface area contributed by atoms with Crippen LogP contribution in [0.2, 0.25) is 0 Å². The quantitative estimate of drug-likeness (QED) is 0.229. The molecule has 0 saturated carbocycles. The summed E-state index contributed by atoms with van der Waals surface area (Å²) in [6.07, 6.45) is 2.50. The predicted octanol–water partition coefficient (Wildman–Crippen LogP) is 8.94. The Hall–Kier alpha value is -2.87. The van der Waals surface area contributed by atoms with E-state index in [1.54, 1.807) is 0 Å². The van der Waals surface area contributed by atoms with Gasteiger partial charge in [0.05, 0.1) is 12.9 Å². The Morgan fingerprint density at radius 1 is 0.750 bits per heavy atom. The maximum absolute atomic E-state index is 5.89. The number of rotatable bonds is 4. The van der Waals surface area contributed by atoms with Gasteiger partial charge in [0.25, 0.3) is 0 Å². The largest absolute Gasteiger partial charge is 0.341 e. The summed E-state index contributed by atoms with van der Waals surface area (Å²) in [4.78, 5) is 0. The maximum Gasteiger partial charge on any atom is 0.0720 e. The van der Waals surface area contributed by atoms with E-state index in [0.29, 0.717) is 0 Å². The molecule has 1 aliphatic heterocycles. The topological polar surface area (TPSA) is 20.5 Å². The second-order valence-electron chi connectivity index (χ2n) is 11.0. The molecule has 1 fully saturated rings. The van der Waals surface area contributed by atoms with Crippen LogP contribution in [-0.2, 0) is 6.54 Å². The van der Waals surface area contributed by atoms with Gasteiger partial charge in [-0.1, -0.05) is 75.4 Å². The monoisotopic (exact) mass is 493 g/mol. The van der Waals surface area contributed by atoms with E-state index in [-0.39, 0.29) is 5.16 Å². The molecule has 6 rings (SSSR count). The molecule has 0 bridgehead atoms. The van der Waals surface area contributed by atoms with Gasteiger partial charge in [0.2, 0.25) is 0 Å². The van der Waals surface area contributed by atoms with Crippen molar-refractivity contribution in [2.75, 3.05) is 13.1 Å². The Balaban J connectivity index is 1.72. The van der Waals surface area contributed by atoms with E-state index in [1.807, 2.05) is 0 Å². The smallest absolute Gasteiger partial charge is 0.0720 e. The van der Waals surface area contributed by atoms with E-state index in [9.17, 15) is 0 Å². The number of fused-ring (bicyclic) bond motifs is 4. The number of para-hydroxylation sites is 1. The fraction of sp³-hybridized carbons (Fsp3) is 0.312. The van der Waals surface area contributed by atoms with Crippen LogP contribution in [0.3, 0.4) is 0 Å². The first-order valence-electron chi connectivity index (χ1n) is 13.3. The second-order valence-corrected chi connectivity index (χ2v) is 14.8. The van der Waals surface area contributed by atoms with Crippen molar-refractivity contribution >= 4 is 50.8 Å². The summed E-state index contributed by atoms with van der Waals surface area (Å²) in [6, 6.07) is 31.4. The first-order valence-corrected chi connectivity index (χ1v) is 15.0. The fourth-order valence-corrected chi connectivity index (χ4v) is 10.7. The fourth-order valence-electron chi connectivity index (χ4n) is 6.26. The molecule has 0 aliphatic carbocycles. The van der Waals surface area contributed by atoms with Crippen LogP contribution in [0, 0.1) is 0 Å². The predicted molar refractivity (Wildman–Crippen MR) is 158 cm³/mol. The van der Waals surface area contributed by atoms with Crippen LogP contribution < -0.4 is 5.30 Å². The van der Waals surface area contributed by atoms with Crippen LogP contribution in [0.25, 0.3) is 32.6 Å². The van der Waals surface area contributed by atoms with Gasteiger partial charge in [-0.25, -0.2) is 4.74 Å². The van der Waals surface area contributed by atoms with E-state index in [2.05, 4.69) is 122 Å². The van der Waals surface area contributed by atoms with Crippen LogP contribution in [0.4, 0.5) is 5.69 Å². The molecule has 184 valence electrons. The van der Waals surface area contributed by atoms with Gasteiger partial charge in [0.15, 0.2) is 0 Å². The second kappa shape index (κ2) is 8.91. The van der Waals surface area contributed by atoms with E-state index in [4.69, 9.17) is 4.74 Å². The lowest BCUT2D eigenvalue weighted by Gasteiger charge is -2.44. The van der Waals surface area contributed by atoms with Crippen LogP contribution in [-0.4, -0.2) is 27.5 Å². The van der Waals surface area contributed by atoms with Crippen molar-refractivity contribution in [2.45, 2.75) is 52.2 Å². The minimum atomic E-state index is -2.14. The third kappa shape index (κ3) is 3.56. The summed E-state index contributed by atoms with van der Waals surface area (Å²) >= 11 is 0. The van der Waals surface area contributed by atoms with Gasteiger partial charge in [-0.15, -0.1) is 0 Å². The van der Waals surface area contributed by atoms with Gasteiger partial charge in [-0.3, -0.25) is 4.67 Å². The van der Waals surface area contributed by atoms with Crippen LogP contribution in [0.5, 0.6) is 0 Å². The lowest BCUT2D eigenvalue weighted by Crippen LogP contribution is -2.35. The number of aryl methyl sites for hydroxylation is 1. The molecule has 1 unspecified atom stereocenters. The number of nitrogens with zero attached hydrogens (tertiary/aromatic N) is 3. The molecular formula is C32H36N3P. The van der Waals surface area contributed by atoms with Gasteiger partial charge in [-0.05, 0) is 55.5 Å². The molecule has 36 heavy (non-hydrogen) atoms. The highest BCUT2D eigenvalue weighted by Gasteiger charge is 2.42. The van der Waals surface area contributed by atoms with Gasteiger partial charge in [-0.2, -0.15) is 0 Å². The summed E-state index contributed by atoms with van der Waals surface area (Å²) in [6.45, 7) is 12.7. The molecule has 1 aromatic heterocycles. The highest BCUT2D eigenvalue weighted by Crippen LogP contribution is 2.65. The van der Waals surface area contributed by atoms with Crippen molar-refractivity contribution < 1.29 is 0 Å². The molecule has 2 heterocycles. The zero-order valence-corrected chi connectivity index (χ0v) is 22.8. The number of aromatic nitrogens is 1. The average Bonchev–Trinajstić information content (AvgIpc) is 3.53. The van der Waals surface area contributed by atoms with Crippen molar-refractivity contribution in [1.82, 2.24) is 9.24 Å². The molecule has 4 heteroatoms. The lowest BCUT2D eigenvalue weighted by molar-refractivity contribution is 0.538. The molecule has 1 aliphatic rings. The van der Waals surface area contributed by atoms with E-state index < -0.39 is 7.21 Å². The Labute approximate surface area is 214 Å². The molecule has 0 radical (unpaired) electrons. The van der Waals surface area contributed by atoms with Crippen LogP contribution >= 0.6 is 7.21 Å². The summed E-state index contributed by atoms with van der Waals surface area (Å²) in [5.74, 6) is 0.